The van der Waals surface area contributed by atoms with Crippen LogP contribution in [-0.2, 0) is 19.6 Å². The summed E-state index contributed by atoms with van der Waals surface area (Å²) in [5, 5.41) is 20.6. The molecular formula is C15H13F3N2O7S. The number of nitrogens with one attached hydrogen (secondary N) is 1. The molecule has 13 heteroatoms. The summed E-state index contributed by atoms with van der Waals surface area (Å²) in [4.78, 5) is 23.8. The van der Waals surface area contributed by atoms with Crippen molar-refractivity contribution in [3.63, 3.8) is 0 Å². The average molecular weight is 422 g/mol. The highest BCUT2D eigenvalue weighted by molar-refractivity contribution is 7.88. The number of nitrogens with zero attached hydrogens (tertiary/aromatic N) is 1. The van der Waals surface area contributed by atoms with Crippen LogP contribution in [0, 0.1) is 11.3 Å². The first-order valence-electron chi connectivity index (χ1n) is 7.24. The van der Waals surface area contributed by atoms with E-state index < -0.39 is 50.1 Å². The molecule has 0 atom stereocenters. The number of amides is 1. The molecule has 28 heavy (non-hydrogen) atoms. The number of esters is 1. The van der Waals surface area contributed by atoms with E-state index in [2.05, 4.69) is 14.2 Å². The summed E-state index contributed by atoms with van der Waals surface area (Å²) >= 11 is 0. The maximum absolute atomic E-state index is 12.5. The first-order valence-corrected chi connectivity index (χ1v) is 8.65. The number of hydrogen-bond acceptors (Lipinski definition) is 8. The molecule has 0 heterocycles. The van der Waals surface area contributed by atoms with Crippen molar-refractivity contribution >= 4 is 27.7 Å². The van der Waals surface area contributed by atoms with Crippen LogP contribution in [0.15, 0.2) is 29.5 Å². The number of rotatable bonds is 6. The fraction of sp³-hybridized carbons (Fsp3) is 0.267. The van der Waals surface area contributed by atoms with Crippen molar-refractivity contribution in [2.45, 2.75) is 18.9 Å². The Morgan fingerprint density at radius 3 is 2.39 bits per heavy atom. The summed E-state index contributed by atoms with van der Waals surface area (Å²) in [6.07, 6.45) is -0.0220. The largest absolute Gasteiger partial charge is 0.534 e. The number of allylic oxidation sites excluding steroid dienone is 1. The second-order valence-electron chi connectivity index (χ2n) is 4.93. The van der Waals surface area contributed by atoms with Crippen LogP contribution in [0.2, 0.25) is 0 Å². The van der Waals surface area contributed by atoms with Crippen molar-refractivity contribution in [3.8, 4) is 11.8 Å². The number of carbonyl (C=O) groups is 2. The van der Waals surface area contributed by atoms with E-state index in [0.717, 1.165) is 19.2 Å². The molecule has 152 valence electrons. The summed E-state index contributed by atoms with van der Waals surface area (Å²) in [6.45, 7) is 1.47. The van der Waals surface area contributed by atoms with Gasteiger partial charge in [0.05, 0.1) is 7.11 Å². The Bertz CT molecular complexity index is 963. The number of methoxy groups -OCH3 is 1. The van der Waals surface area contributed by atoms with E-state index in [1.807, 2.05) is 0 Å². The Morgan fingerprint density at radius 1 is 1.32 bits per heavy atom. The molecular weight excluding hydrogens is 409 g/mol. The standard InChI is InChI=1S/C15H13F3N2O7S/c1-3-11(21)10(7-19)13(22)20-8-4-5-12(9(6-8)14(23)26-2)27-28(24,25)15(16,17)18/h4-6,21H,3H2,1-2H3,(H,20,22)/b11-10-. The van der Waals surface area contributed by atoms with E-state index in [9.17, 15) is 36.3 Å². The number of hydrogen-bond donors (Lipinski definition) is 2. The number of halogens is 3. The van der Waals surface area contributed by atoms with Crippen molar-refractivity contribution in [2.75, 3.05) is 12.4 Å². The third-order valence-electron chi connectivity index (χ3n) is 3.09. The zero-order valence-electron chi connectivity index (χ0n) is 14.3. The average Bonchev–Trinajstić information content (AvgIpc) is 2.61. The van der Waals surface area contributed by atoms with Gasteiger partial charge in [-0.1, -0.05) is 6.92 Å². The second kappa shape index (κ2) is 8.61. The van der Waals surface area contributed by atoms with Crippen molar-refractivity contribution in [3.05, 3.63) is 35.1 Å². The Morgan fingerprint density at radius 2 is 1.93 bits per heavy atom. The summed E-state index contributed by atoms with van der Waals surface area (Å²) < 4.78 is 68.0. The maximum atomic E-state index is 12.5. The number of anilines is 1. The number of aliphatic hydroxyl groups excluding tert-OH is 1. The maximum Gasteiger partial charge on any atom is 0.534 e. The van der Waals surface area contributed by atoms with E-state index in [1.54, 1.807) is 0 Å². The van der Waals surface area contributed by atoms with Gasteiger partial charge >= 0.3 is 21.6 Å². The van der Waals surface area contributed by atoms with Crippen LogP contribution in [0.1, 0.15) is 23.7 Å². The van der Waals surface area contributed by atoms with E-state index in [0.29, 0.717) is 6.07 Å². The molecule has 0 fully saturated rings. The monoisotopic (exact) mass is 422 g/mol. The number of aliphatic hydroxyl groups is 1. The number of alkyl halides is 3. The summed E-state index contributed by atoms with van der Waals surface area (Å²) in [5.74, 6) is -3.82. The van der Waals surface area contributed by atoms with Gasteiger partial charge in [0.15, 0.2) is 11.3 Å². The highest BCUT2D eigenvalue weighted by Crippen LogP contribution is 2.31. The van der Waals surface area contributed by atoms with Crippen molar-refractivity contribution in [2.24, 2.45) is 0 Å². The number of nitriles is 1. The molecule has 0 bridgehead atoms. The molecule has 0 radical (unpaired) electrons. The van der Waals surface area contributed by atoms with Gasteiger partial charge in [-0.3, -0.25) is 4.79 Å². The van der Waals surface area contributed by atoms with Gasteiger partial charge in [-0.05, 0) is 18.2 Å². The second-order valence-corrected chi connectivity index (χ2v) is 6.46. The first kappa shape index (κ1) is 22.8. The molecule has 2 N–H and O–H groups in total. The highest BCUT2D eigenvalue weighted by atomic mass is 32.2. The lowest BCUT2D eigenvalue weighted by molar-refractivity contribution is -0.112. The molecule has 0 saturated heterocycles. The van der Waals surface area contributed by atoms with Crippen molar-refractivity contribution in [1.29, 1.82) is 5.26 Å². The molecule has 9 nitrogen and oxygen atoms in total. The van der Waals surface area contributed by atoms with E-state index in [1.165, 1.54) is 13.0 Å². The van der Waals surface area contributed by atoms with Crippen LogP contribution in [0.3, 0.4) is 0 Å². The predicted molar refractivity (Wildman–Crippen MR) is 87.6 cm³/mol. The minimum absolute atomic E-state index is 0.0220. The van der Waals surface area contributed by atoms with Gasteiger partial charge < -0.3 is 19.3 Å². The van der Waals surface area contributed by atoms with Crippen LogP contribution in [0.25, 0.3) is 0 Å². The van der Waals surface area contributed by atoms with Gasteiger partial charge in [-0.2, -0.15) is 26.9 Å². The SMILES string of the molecule is CC/C(O)=C(\C#N)C(=O)Nc1ccc(OS(=O)(=O)C(F)(F)F)c(C(=O)OC)c1. The molecule has 0 unspecified atom stereocenters. The normalized spacial score (nSPS) is 12.4. The number of carbonyl (C=O) groups excluding carboxylic acids is 2. The van der Waals surface area contributed by atoms with Gasteiger partial charge in [-0.25, -0.2) is 4.79 Å². The molecule has 0 aliphatic heterocycles. The molecule has 0 saturated carbocycles. The zero-order valence-corrected chi connectivity index (χ0v) is 15.1. The molecule has 0 aliphatic carbocycles. The van der Waals surface area contributed by atoms with Crippen LogP contribution >= 0.6 is 0 Å². The third-order valence-corrected chi connectivity index (χ3v) is 4.05. The molecule has 0 spiro atoms. The molecule has 1 rings (SSSR count). The van der Waals surface area contributed by atoms with Gasteiger partial charge in [0.1, 0.15) is 17.4 Å². The topological polar surface area (TPSA) is 143 Å². The fourth-order valence-corrected chi connectivity index (χ4v) is 2.21. The Balaban J connectivity index is 3.33. The minimum Gasteiger partial charge on any atom is -0.511 e. The lowest BCUT2D eigenvalue weighted by Crippen LogP contribution is -2.28. The summed E-state index contributed by atoms with van der Waals surface area (Å²) in [7, 11) is -5.18. The Hall–Kier alpha value is -3.27. The van der Waals surface area contributed by atoms with Crippen LogP contribution in [0.4, 0.5) is 18.9 Å². The molecule has 0 aromatic heterocycles. The Labute approximate surface area is 157 Å². The predicted octanol–water partition coefficient (Wildman–Crippen LogP) is 2.39. The Kier molecular flexibility index (Phi) is 7.00. The molecule has 1 aromatic rings. The smallest absolute Gasteiger partial charge is 0.511 e. The third kappa shape index (κ3) is 5.13. The van der Waals surface area contributed by atoms with Crippen molar-refractivity contribution in [1.82, 2.24) is 0 Å². The summed E-state index contributed by atoms with van der Waals surface area (Å²) in [6, 6.07) is 3.86. The van der Waals surface area contributed by atoms with Crippen LogP contribution in [-0.4, -0.2) is 38.0 Å². The van der Waals surface area contributed by atoms with E-state index >= 15 is 0 Å². The van der Waals surface area contributed by atoms with Gasteiger partial charge in [0, 0.05) is 12.1 Å². The molecule has 0 aliphatic rings. The van der Waals surface area contributed by atoms with E-state index in [4.69, 9.17) is 5.26 Å². The lowest BCUT2D eigenvalue weighted by Gasteiger charge is -2.13. The molecule has 1 aromatic carbocycles. The number of ether oxygens (including phenoxy) is 1. The van der Waals surface area contributed by atoms with Crippen LogP contribution in [0.5, 0.6) is 5.75 Å². The highest BCUT2D eigenvalue weighted by Gasteiger charge is 2.49. The van der Waals surface area contributed by atoms with Gasteiger partial charge in [0.25, 0.3) is 5.91 Å². The van der Waals surface area contributed by atoms with Crippen molar-refractivity contribution < 1.29 is 45.2 Å². The quantitative estimate of drug-likeness (QED) is 0.178. The van der Waals surface area contributed by atoms with Crippen LogP contribution < -0.4 is 9.50 Å². The van der Waals surface area contributed by atoms with Gasteiger partial charge in [0.2, 0.25) is 0 Å². The first-order chi connectivity index (χ1) is 12.9. The lowest BCUT2D eigenvalue weighted by atomic mass is 10.1. The van der Waals surface area contributed by atoms with E-state index in [-0.39, 0.29) is 12.1 Å². The fourth-order valence-electron chi connectivity index (χ4n) is 1.73. The zero-order chi connectivity index (χ0) is 21.7. The van der Waals surface area contributed by atoms with Gasteiger partial charge in [-0.15, -0.1) is 0 Å². The minimum atomic E-state index is -6.06. The molecule has 1 amide bonds. The summed E-state index contributed by atoms with van der Waals surface area (Å²) in [5.41, 5.74) is -7.31. The number of benzene rings is 1.